The van der Waals surface area contributed by atoms with Gasteiger partial charge in [-0.15, -0.1) is 0 Å². The van der Waals surface area contributed by atoms with Crippen LogP contribution in [0.2, 0.25) is 0 Å². The van der Waals surface area contributed by atoms with Crippen LogP contribution in [0.3, 0.4) is 0 Å². The van der Waals surface area contributed by atoms with Gasteiger partial charge in [0.1, 0.15) is 0 Å². The largest absolute Gasteiger partial charge is 0.354 e. The van der Waals surface area contributed by atoms with Crippen LogP contribution in [-0.4, -0.2) is 35.8 Å². The smallest absolute Gasteiger partial charge is 0.225 e. The molecule has 1 fully saturated rings. The van der Waals surface area contributed by atoms with Gasteiger partial charge in [0, 0.05) is 31.5 Å². The first-order chi connectivity index (χ1) is 8.32. The van der Waals surface area contributed by atoms with Gasteiger partial charge in [0.2, 0.25) is 11.8 Å². The fourth-order valence-electron chi connectivity index (χ4n) is 2.37. The van der Waals surface area contributed by atoms with Gasteiger partial charge >= 0.3 is 0 Å². The molecular weight excluding hydrogens is 228 g/mol. The second-order valence-electron chi connectivity index (χ2n) is 6.16. The zero-order valence-corrected chi connectivity index (χ0v) is 12.1. The van der Waals surface area contributed by atoms with E-state index in [1.807, 2.05) is 25.7 Å². The van der Waals surface area contributed by atoms with Gasteiger partial charge in [-0.2, -0.15) is 0 Å². The summed E-state index contributed by atoms with van der Waals surface area (Å²) in [5.41, 5.74) is -0.367. The first-order valence-electron chi connectivity index (χ1n) is 6.88. The van der Waals surface area contributed by atoms with Gasteiger partial charge in [0.05, 0.1) is 0 Å². The molecule has 0 aromatic rings. The SMILES string of the molecule is CC(=O)N(CCNC(=O)C(C)(C)C)C1CCCC1. The standard InChI is InChI=1S/C14H26N2O2/c1-11(17)16(12-7-5-6-8-12)10-9-15-13(18)14(2,3)4/h12H,5-10H2,1-4H3,(H,15,18). The number of carbonyl (C=O) groups excluding carboxylic acids is 2. The molecule has 1 rings (SSSR count). The minimum Gasteiger partial charge on any atom is -0.354 e. The van der Waals surface area contributed by atoms with Crippen LogP contribution in [0, 0.1) is 5.41 Å². The molecule has 4 nitrogen and oxygen atoms in total. The van der Waals surface area contributed by atoms with Gasteiger partial charge < -0.3 is 10.2 Å². The van der Waals surface area contributed by atoms with Crippen molar-refractivity contribution < 1.29 is 9.59 Å². The highest BCUT2D eigenvalue weighted by Crippen LogP contribution is 2.23. The molecule has 1 aliphatic carbocycles. The van der Waals surface area contributed by atoms with Crippen LogP contribution in [0.4, 0.5) is 0 Å². The quantitative estimate of drug-likeness (QED) is 0.833. The van der Waals surface area contributed by atoms with E-state index >= 15 is 0 Å². The van der Waals surface area contributed by atoms with E-state index in [1.54, 1.807) is 6.92 Å². The average Bonchev–Trinajstić information content (AvgIpc) is 2.75. The summed E-state index contributed by atoms with van der Waals surface area (Å²) in [7, 11) is 0. The summed E-state index contributed by atoms with van der Waals surface area (Å²) >= 11 is 0. The Kier molecular flexibility index (Phi) is 5.17. The number of nitrogens with zero attached hydrogens (tertiary/aromatic N) is 1. The third-order valence-electron chi connectivity index (χ3n) is 3.49. The van der Waals surface area contributed by atoms with Crippen LogP contribution in [0.1, 0.15) is 53.4 Å². The van der Waals surface area contributed by atoms with E-state index in [0.717, 1.165) is 12.8 Å². The Morgan fingerprint density at radius 2 is 1.78 bits per heavy atom. The lowest BCUT2D eigenvalue weighted by atomic mass is 9.96. The predicted molar refractivity (Wildman–Crippen MR) is 72.1 cm³/mol. The molecule has 4 heteroatoms. The summed E-state index contributed by atoms with van der Waals surface area (Å²) < 4.78 is 0. The maximum absolute atomic E-state index is 11.7. The summed E-state index contributed by atoms with van der Waals surface area (Å²) in [6.07, 6.45) is 4.63. The zero-order valence-electron chi connectivity index (χ0n) is 12.1. The molecule has 0 unspecified atom stereocenters. The van der Waals surface area contributed by atoms with Crippen molar-refractivity contribution in [3.05, 3.63) is 0 Å². The lowest BCUT2D eigenvalue weighted by Crippen LogP contribution is -2.44. The van der Waals surface area contributed by atoms with Crippen molar-refractivity contribution in [2.75, 3.05) is 13.1 Å². The Labute approximate surface area is 110 Å². The van der Waals surface area contributed by atoms with E-state index in [9.17, 15) is 9.59 Å². The number of amides is 2. The second kappa shape index (κ2) is 6.21. The Bertz CT molecular complexity index is 301. The summed E-state index contributed by atoms with van der Waals surface area (Å²) in [6, 6.07) is 0.383. The molecule has 0 atom stereocenters. The van der Waals surface area contributed by atoms with Crippen molar-refractivity contribution in [3.63, 3.8) is 0 Å². The second-order valence-corrected chi connectivity index (χ2v) is 6.16. The third-order valence-corrected chi connectivity index (χ3v) is 3.49. The molecular formula is C14H26N2O2. The van der Waals surface area contributed by atoms with Crippen molar-refractivity contribution in [3.8, 4) is 0 Å². The van der Waals surface area contributed by atoms with Crippen LogP contribution in [0.25, 0.3) is 0 Å². The molecule has 0 aromatic heterocycles. The van der Waals surface area contributed by atoms with E-state index in [2.05, 4.69) is 5.32 Å². The van der Waals surface area contributed by atoms with Gasteiger partial charge in [0.15, 0.2) is 0 Å². The average molecular weight is 254 g/mol. The monoisotopic (exact) mass is 254 g/mol. The molecule has 0 bridgehead atoms. The van der Waals surface area contributed by atoms with Gasteiger partial charge in [-0.05, 0) is 12.8 Å². The van der Waals surface area contributed by atoms with E-state index in [-0.39, 0.29) is 17.2 Å². The van der Waals surface area contributed by atoms with Crippen molar-refractivity contribution >= 4 is 11.8 Å². The minimum absolute atomic E-state index is 0.0393. The molecule has 0 radical (unpaired) electrons. The Balaban J connectivity index is 2.39. The molecule has 104 valence electrons. The molecule has 1 aliphatic rings. The van der Waals surface area contributed by atoms with Crippen molar-refractivity contribution in [1.29, 1.82) is 0 Å². The number of hydrogen-bond donors (Lipinski definition) is 1. The highest BCUT2D eigenvalue weighted by atomic mass is 16.2. The molecule has 0 aliphatic heterocycles. The molecule has 2 amide bonds. The molecule has 0 saturated heterocycles. The normalized spacial score (nSPS) is 16.7. The molecule has 0 heterocycles. The van der Waals surface area contributed by atoms with E-state index in [1.165, 1.54) is 12.8 Å². The lowest BCUT2D eigenvalue weighted by molar-refractivity contribution is -0.132. The van der Waals surface area contributed by atoms with Gasteiger partial charge in [-0.1, -0.05) is 33.6 Å². The summed E-state index contributed by atoms with van der Waals surface area (Å²) in [6.45, 7) is 8.46. The Morgan fingerprint density at radius 1 is 1.22 bits per heavy atom. The highest BCUT2D eigenvalue weighted by molar-refractivity contribution is 5.81. The molecule has 0 spiro atoms. The zero-order chi connectivity index (χ0) is 13.8. The fraction of sp³-hybridized carbons (Fsp3) is 0.857. The van der Waals surface area contributed by atoms with Crippen LogP contribution >= 0.6 is 0 Å². The number of nitrogens with one attached hydrogen (secondary N) is 1. The summed E-state index contributed by atoms with van der Waals surface area (Å²) in [5, 5.41) is 2.90. The molecule has 1 N–H and O–H groups in total. The van der Waals surface area contributed by atoms with Crippen LogP contribution in [-0.2, 0) is 9.59 Å². The summed E-state index contributed by atoms with van der Waals surface area (Å²) in [4.78, 5) is 25.3. The highest BCUT2D eigenvalue weighted by Gasteiger charge is 2.25. The number of carbonyl (C=O) groups is 2. The van der Waals surface area contributed by atoms with Gasteiger partial charge in [-0.3, -0.25) is 9.59 Å². The first-order valence-corrected chi connectivity index (χ1v) is 6.88. The number of hydrogen-bond acceptors (Lipinski definition) is 2. The van der Waals surface area contributed by atoms with Crippen LogP contribution in [0.5, 0.6) is 0 Å². The lowest BCUT2D eigenvalue weighted by Gasteiger charge is -2.28. The Morgan fingerprint density at radius 3 is 2.22 bits per heavy atom. The topological polar surface area (TPSA) is 49.4 Å². The molecule has 0 aromatic carbocycles. The molecule has 18 heavy (non-hydrogen) atoms. The van der Waals surface area contributed by atoms with Crippen molar-refractivity contribution in [2.24, 2.45) is 5.41 Å². The van der Waals surface area contributed by atoms with Gasteiger partial charge in [0.25, 0.3) is 0 Å². The van der Waals surface area contributed by atoms with Crippen molar-refractivity contribution in [1.82, 2.24) is 10.2 Å². The van der Waals surface area contributed by atoms with Crippen molar-refractivity contribution in [2.45, 2.75) is 59.4 Å². The van der Waals surface area contributed by atoms with Crippen LogP contribution < -0.4 is 5.32 Å². The maximum atomic E-state index is 11.7. The minimum atomic E-state index is -0.367. The fourth-order valence-corrected chi connectivity index (χ4v) is 2.37. The van der Waals surface area contributed by atoms with Crippen LogP contribution in [0.15, 0.2) is 0 Å². The number of rotatable bonds is 4. The van der Waals surface area contributed by atoms with E-state index in [4.69, 9.17) is 0 Å². The Hall–Kier alpha value is -1.06. The molecule has 1 saturated carbocycles. The summed E-state index contributed by atoms with van der Waals surface area (Å²) in [5.74, 6) is 0.157. The van der Waals surface area contributed by atoms with E-state index < -0.39 is 0 Å². The predicted octanol–water partition coefficient (Wildman–Crippen LogP) is 1.94. The van der Waals surface area contributed by atoms with E-state index in [0.29, 0.717) is 19.1 Å². The third kappa shape index (κ3) is 4.31. The first kappa shape index (κ1) is 15.0. The van der Waals surface area contributed by atoms with Gasteiger partial charge in [-0.25, -0.2) is 0 Å². The maximum Gasteiger partial charge on any atom is 0.225 e.